The Morgan fingerprint density at radius 2 is 2.20 bits per heavy atom. The van der Waals surface area contributed by atoms with Crippen LogP contribution in [0.15, 0.2) is 12.5 Å². The molecule has 1 heterocycles. The van der Waals surface area contributed by atoms with Gasteiger partial charge in [-0.1, -0.05) is 0 Å². The maximum Gasteiger partial charge on any atom is 0.0951 e. The van der Waals surface area contributed by atoms with Crippen LogP contribution in [-0.2, 0) is 11.3 Å². The van der Waals surface area contributed by atoms with Gasteiger partial charge < -0.3 is 14.6 Å². The first-order valence-corrected chi connectivity index (χ1v) is 5.38. The fourth-order valence-electron chi connectivity index (χ4n) is 1.52. The van der Waals surface area contributed by atoms with Crippen molar-refractivity contribution in [2.24, 2.45) is 0 Å². The number of rotatable bonds is 6. The van der Waals surface area contributed by atoms with Gasteiger partial charge in [-0.3, -0.25) is 0 Å². The molecule has 0 saturated carbocycles. The van der Waals surface area contributed by atoms with E-state index < -0.39 is 0 Å². The van der Waals surface area contributed by atoms with Crippen LogP contribution in [-0.4, -0.2) is 29.3 Å². The third-order valence-corrected chi connectivity index (χ3v) is 2.35. The number of ether oxygens (including phenoxy) is 1. The van der Waals surface area contributed by atoms with E-state index in [1.807, 2.05) is 12.5 Å². The Hall–Kier alpha value is -0.870. The lowest BCUT2D eigenvalue weighted by atomic mass is 10.3. The van der Waals surface area contributed by atoms with E-state index in [9.17, 15) is 0 Å². The van der Waals surface area contributed by atoms with E-state index in [2.05, 4.69) is 35.6 Å². The smallest absolute Gasteiger partial charge is 0.0951 e. The Kier molecular flexibility index (Phi) is 4.78. The summed E-state index contributed by atoms with van der Waals surface area (Å²) in [5, 5.41) is 3.40. The second kappa shape index (κ2) is 5.88. The molecule has 0 spiro atoms. The summed E-state index contributed by atoms with van der Waals surface area (Å²) >= 11 is 0. The van der Waals surface area contributed by atoms with E-state index in [1.165, 1.54) is 5.69 Å². The first-order chi connectivity index (χ1) is 7.15. The van der Waals surface area contributed by atoms with Crippen LogP contribution in [0.25, 0.3) is 0 Å². The molecule has 1 unspecified atom stereocenters. The molecule has 1 N–H and O–H groups in total. The molecule has 0 aliphatic rings. The van der Waals surface area contributed by atoms with Gasteiger partial charge in [-0.25, -0.2) is 4.98 Å². The summed E-state index contributed by atoms with van der Waals surface area (Å²) in [4.78, 5) is 4.16. The minimum Gasteiger partial charge on any atom is -0.383 e. The highest BCUT2D eigenvalue weighted by atomic mass is 16.5. The normalized spacial score (nSPS) is 13.4. The Labute approximate surface area is 91.7 Å². The zero-order chi connectivity index (χ0) is 11.3. The maximum absolute atomic E-state index is 5.07. The Morgan fingerprint density at radius 1 is 1.47 bits per heavy atom. The molecule has 0 bridgehead atoms. The van der Waals surface area contributed by atoms with E-state index in [1.54, 1.807) is 7.11 Å². The van der Waals surface area contributed by atoms with Crippen LogP contribution < -0.4 is 5.32 Å². The highest BCUT2D eigenvalue weighted by molar-refractivity contribution is 4.99. The average molecular weight is 211 g/mol. The SMILES string of the molecule is COCC(C)NCc1cncn1C(C)C. The summed E-state index contributed by atoms with van der Waals surface area (Å²) in [6.07, 6.45) is 3.79. The van der Waals surface area contributed by atoms with Crippen LogP contribution >= 0.6 is 0 Å². The molecule has 0 fully saturated rings. The zero-order valence-electron chi connectivity index (χ0n) is 10.0. The molecule has 4 nitrogen and oxygen atoms in total. The monoisotopic (exact) mass is 211 g/mol. The van der Waals surface area contributed by atoms with E-state index in [4.69, 9.17) is 4.74 Å². The lowest BCUT2D eigenvalue weighted by Crippen LogP contribution is -2.30. The molecular weight excluding hydrogens is 190 g/mol. The Bertz CT molecular complexity index is 283. The van der Waals surface area contributed by atoms with E-state index in [0.717, 1.165) is 13.2 Å². The van der Waals surface area contributed by atoms with Gasteiger partial charge in [0.15, 0.2) is 0 Å². The molecular formula is C11H21N3O. The highest BCUT2D eigenvalue weighted by Gasteiger charge is 2.06. The topological polar surface area (TPSA) is 39.1 Å². The average Bonchev–Trinajstić information content (AvgIpc) is 2.63. The van der Waals surface area contributed by atoms with Gasteiger partial charge in [0, 0.05) is 31.9 Å². The number of imidazole rings is 1. The van der Waals surface area contributed by atoms with Gasteiger partial charge in [0.1, 0.15) is 0 Å². The van der Waals surface area contributed by atoms with Crippen molar-refractivity contribution >= 4 is 0 Å². The summed E-state index contributed by atoms with van der Waals surface area (Å²) < 4.78 is 7.24. The summed E-state index contributed by atoms with van der Waals surface area (Å²) in [6.45, 7) is 7.99. The second-order valence-electron chi connectivity index (χ2n) is 4.12. The van der Waals surface area contributed by atoms with Crippen LogP contribution in [0.3, 0.4) is 0 Å². The third kappa shape index (κ3) is 3.64. The fourth-order valence-corrected chi connectivity index (χ4v) is 1.52. The van der Waals surface area contributed by atoms with Gasteiger partial charge >= 0.3 is 0 Å². The molecule has 0 amide bonds. The summed E-state index contributed by atoms with van der Waals surface area (Å²) in [6, 6.07) is 0.826. The quantitative estimate of drug-likeness (QED) is 0.776. The fraction of sp³-hybridized carbons (Fsp3) is 0.727. The Balaban J connectivity index is 2.46. The largest absolute Gasteiger partial charge is 0.383 e. The van der Waals surface area contributed by atoms with Crippen molar-refractivity contribution in [2.45, 2.75) is 39.4 Å². The van der Waals surface area contributed by atoms with Crippen molar-refractivity contribution in [3.05, 3.63) is 18.2 Å². The molecule has 1 rings (SSSR count). The van der Waals surface area contributed by atoms with E-state index in [0.29, 0.717) is 12.1 Å². The predicted octanol–water partition coefficient (Wildman–Crippen LogP) is 1.59. The summed E-state index contributed by atoms with van der Waals surface area (Å²) in [5.41, 5.74) is 1.22. The summed E-state index contributed by atoms with van der Waals surface area (Å²) in [7, 11) is 1.72. The van der Waals surface area contributed by atoms with E-state index >= 15 is 0 Å². The van der Waals surface area contributed by atoms with E-state index in [-0.39, 0.29) is 0 Å². The number of aromatic nitrogens is 2. The minimum atomic E-state index is 0.366. The molecule has 15 heavy (non-hydrogen) atoms. The first-order valence-electron chi connectivity index (χ1n) is 5.38. The lowest BCUT2D eigenvalue weighted by Gasteiger charge is -2.15. The summed E-state index contributed by atoms with van der Waals surface area (Å²) in [5.74, 6) is 0. The maximum atomic E-state index is 5.07. The number of nitrogens with one attached hydrogen (secondary N) is 1. The molecule has 0 aliphatic carbocycles. The molecule has 1 atom stereocenters. The number of hydrogen-bond donors (Lipinski definition) is 1. The molecule has 1 aromatic rings. The number of hydrogen-bond acceptors (Lipinski definition) is 3. The predicted molar refractivity (Wildman–Crippen MR) is 60.8 cm³/mol. The van der Waals surface area contributed by atoms with Crippen LogP contribution in [0.5, 0.6) is 0 Å². The molecule has 0 radical (unpaired) electrons. The van der Waals surface area contributed by atoms with Crippen molar-refractivity contribution in [1.82, 2.24) is 14.9 Å². The zero-order valence-corrected chi connectivity index (χ0v) is 10.0. The van der Waals surface area contributed by atoms with Gasteiger partial charge in [-0.15, -0.1) is 0 Å². The molecule has 86 valence electrons. The highest BCUT2D eigenvalue weighted by Crippen LogP contribution is 2.08. The minimum absolute atomic E-state index is 0.366. The van der Waals surface area contributed by atoms with Crippen molar-refractivity contribution in [3.63, 3.8) is 0 Å². The second-order valence-corrected chi connectivity index (χ2v) is 4.12. The van der Waals surface area contributed by atoms with Gasteiger partial charge in [0.05, 0.1) is 18.6 Å². The van der Waals surface area contributed by atoms with Gasteiger partial charge in [-0.05, 0) is 20.8 Å². The van der Waals surface area contributed by atoms with Crippen molar-refractivity contribution < 1.29 is 4.74 Å². The molecule has 4 heteroatoms. The van der Waals surface area contributed by atoms with Gasteiger partial charge in [-0.2, -0.15) is 0 Å². The van der Waals surface area contributed by atoms with Crippen LogP contribution in [0, 0.1) is 0 Å². The van der Waals surface area contributed by atoms with Crippen LogP contribution in [0.4, 0.5) is 0 Å². The lowest BCUT2D eigenvalue weighted by molar-refractivity contribution is 0.171. The van der Waals surface area contributed by atoms with Crippen LogP contribution in [0.1, 0.15) is 32.5 Å². The van der Waals surface area contributed by atoms with Crippen molar-refractivity contribution in [3.8, 4) is 0 Å². The molecule has 0 aliphatic heterocycles. The van der Waals surface area contributed by atoms with Gasteiger partial charge in [0.2, 0.25) is 0 Å². The van der Waals surface area contributed by atoms with Gasteiger partial charge in [0.25, 0.3) is 0 Å². The van der Waals surface area contributed by atoms with Crippen molar-refractivity contribution in [1.29, 1.82) is 0 Å². The first kappa shape index (κ1) is 12.2. The Morgan fingerprint density at radius 3 is 2.80 bits per heavy atom. The molecule has 1 aromatic heterocycles. The number of methoxy groups -OCH3 is 1. The standard InChI is InChI=1S/C11H21N3O/c1-9(2)14-8-12-5-11(14)6-13-10(3)7-15-4/h5,8-10,13H,6-7H2,1-4H3. The number of nitrogens with zero attached hydrogens (tertiary/aromatic N) is 2. The third-order valence-electron chi connectivity index (χ3n) is 2.35. The molecule has 0 aromatic carbocycles. The van der Waals surface area contributed by atoms with Crippen molar-refractivity contribution in [2.75, 3.05) is 13.7 Å². The van der Waals surface area contributed by atoms with Crippen LogP contribution in [0.2, 0.25) is 0 Å². The molecule has 0 saturated heterocycles.